The van der Waals surface area contributed by atoms with Crippen LogP contribution in [0.5, 0.6) is 11.5 Å². The lowest BCUT2D eigenvalue weighted by Crippen LogP contribution is -2.33. The fourth-order valence-corrected chi connectivity index (χ4v) is 3.10. The van der Waals surface area contributed by atoms with Gasteiger partial charge in [0, 0.05) is 43.2 Å². The number of aryl methyl sites for hydroxylation is 2. The van der Waals surface area contributed by atoms with E-state index in [0.717, 1.165) is 40.6 Å². The van der Waals surface area contributed by atoms with Crippen LogP contribution in [0.1, 0.15) is 36.3 Å². The average Bonchev–Trinajstić information content (AvgIpc) is 2.84. The summed E-state index contributed by atoms with van der Waals surface area (Å²) in [5.41, 5.74) is 2.97. The van der Waals surface area contributed by atoms with Crippen LogP contribution in [-0.2, 0) is 0 Å². The minimum Gasteiger partial charge on any atom is -0.490 e. The Morgan fingerprint density at radius 2 is 2.00 bits per heavy atom. The van der Waals surface area contributed by atoms with Crippen LogP contribution in [0.25, 0.3) is 0 Å². The molecule has 0 radical (unpaired) electrons. The number of nitrogens with zero attached hydrogens (tertiary/aromatic N) is 2. The molecule has 1 aromatic heterocycles. The molecule has 26 heavy (non-hydrogen) atoms. The number of aromatic nitrogens is 1. The Morgan fingerprint density at radius 3 is 2.69 bits per heavy atom. The molecule has 7 nitrogen and oxygen atoms in total. The van der Waals surface area contributed by atoms with E-state index in [-0.39, 0.29) is 5.92 Å². The van der Waals surface area contributed by atoms with E-state index in [2.05, 4.69) is 27.7 Å². The van der Waals surface area contributed by atoms with Crippen LogP contribution in [0.2, 0.25) is 0 Å². The zero-order valence-electron chi connectivity index (χ0n) is 15.8. The van der Waals surface area contributed by atoms with E-state index in [1.165, 1.54) is 0 Å². The minimum absolute atomic E-state index is 0.253. The molecule has 2 heterocycles. The summed E-state index contributed by atoms with van der Waals surface area (Å²) in [7, 11) is 1.75. The zero-order chi connectivity index (χ0) is 18.5. The van der Waals surface area contributed by atoms with Gasteiger partial charge in [0.2, 0.25) is 0 Å². The quantitative estimate of drug-likeness (QED) is 0.645. The number of fused-ring (bicyclic) bond motifs is 1. The van der Waals surface area contributed by atoms with Crippen molar-refractivity contribution in [3.63, 3.8) is 0 Å². The summed E-state index contributed by atoms with van der Waals surface area (Å²) in [6, 6.07) is 5.81. The molecule has 1 atom stereocenters. The van der Waals surface area contributed by atoms with E-state index in [1.807, 2.05) is 32.0 Å². The van der Waals surface area contributed by atoms with E-state index in [9.17, 15) is 0 Å². The van der Waals surface area contributed by atoms with Gasteiger partial charge in [-0.2, -0.15) is 0 Å². The largest absolute Gasteiger partial charge is 0.490 e. The predicted octanol–water partition coefficient (Wildman–Crippen LogP) is 3.24. The zero-order valence-corrected chi connectivity index (χ0v) is 15.8. The van der Waals surface area contributed by atoms with Crippen molar-refractivity contribution < 1.29 is 14.0 Å². The average molecular weight is 358 g/mol. The first-order valence-electron chi connectivity index (χ1n) is 8.88. The molecule has 0 amide bonds. The number of nitrogens with one attached hydrogen (secondary N) is 2. The lowest BCUT2D eigenvalue weighted by Gasteiger charge is -2.17. The molecule has 7 heteroatoms. The summed E-state index contributed by atoms with van der Waals surface area (Å²) in [6.07, 6.45) is 0.889. The van der Waals surface area contributed by atoms with Crippen molar-refractivity contribution >= 4 is 11.6 Å². The molecular weight excluding hydrogens is 332 g/mol. The Hall–Kier alpha value is -2.70. The summed E-state index contributed by atoms with van der Waals surface area (Å²) in [4.78, 5) is 4.30. The van der Waals surface area contributed by atoms with Gasteiger partial charge in [-0.3, -0.25) is 4.99 Å². The van der Waals surface area contributed by atoms with Crippen LogP contribution >= 0.6 is 0 Å². The third-order valence-electron chi connectivity index (χ3n) is 4.39. The second-order valence-electron chi connectivity index (χ2n) is 6.43. The molecule has 0 spiro atoms. The highest BCUT2D eigenvalue weighted by Gasteiger charge is 2.17. The van der Waals surface area contributed by atoms with Gasteiger partial charge >= 0.3 is 0 Å². The van der Waals surface area contributed by atoms with E-state index in [1.54, 1.807) is 7.05 Å². The standard InChI is InChI=1S/C19H26N4O3/c1-12(18-13(2)23-26-14(18)3)11-21-19(20-4)22-15-6-7-16-17(10-15)25-9-5-8-24-16/h6-7,10,12H,5,8-9,11H2,1-4H3,(H2,20,21,22). The first-order chi connectivity index (χ1) is 12.6. The summed E-state index contributed by atoms with van der Waals surface area (Å²) in [5, 5.41) is 10.7. The maximum atomic E-state index is 5.74. The van der Waals surface area contributed by atoms with Crippen molar-refractivity contribution in [2.24, 2.45) is 4.99 Å². The van der Waals surface area contributed by atoms with Gasteiger partial charge in [0.1, 0.15) is 5.76 Å². The number of hydrogen-bond acceptors (Lipinski definition) is 5. The molecule has 1 aliphatic heterocycles. The summed E-state index contributed by atoms with van der Waals surface area (Å²) in [6.45, 7) is 8.11. The predicted molar refractivity (Wildman–Crippen MR) is 101 cm³/mol. The molecular formula is C19H26N4O3. The van der Waals surface area contributed by atoms with Crippen molar-refractivity contribution in [1.82, 2.24) is 10.5 Å². The first kappa shape index (κ1) is 18.1. The molecule has 2 aromatic rings. The van der Waals surface area contributed by atoms with Crippen molar-refractivity contribution in [3.05, 3.63) is 35.2 Å². The number of aliphatic imine (C=N–C) groups is 1. The molecule has 0 aliphatic carbocycles. The molecule has 0 saturated heterocycles. The van der Waals surface area contributed by atoms with Gasteiger partial charge in [-0.25, -0.2) is 0 Å². The number of benzene rings is 1. The van der Waals surface area contributed by atoms with Crippen molar-refractivity contribution in [2.45, 2.75) is 33.1 Å². The van der Waals surface area contributed by atoms with Crippen molar-refractivity contribution in [3.8, 4) is 11.5 Å². The van der Waals surface area contributed by atoms with E-state index in [4.69, 9.17) is 14.0 Å². The third-order valence-corrected chi connectivity index (χ3v) is 4.39. The van der Waals surface area contributed by atoms with Crippen molar-refractivity contribution in [1.29, 1.82) is 0 Å². The van der Waals surface area contributed by atoms with Crippen molar-refractivity contribution in [2.75, 3.05) is 32.1 Å². The van der Waals surface area contributed by atoms with Gasteiger partial charge in [0.15, 0.2) is 17.5 Å². The summed E-state index contributed by atoms with van der Waals surface area (Å²) in [5.74, 6) is 3.35. The minimum atomic E-state index is 0.253. The number of rotatable bonds is 4. The molecule has 1 aliphatic rings. The monoisotopic (exact) mass is 358 g/mol. The first-order valence-corrected chi connectivity index (χ1v) is 8.88. The summed E-state index contributed by atoms with van der Waals surface area (Å²) >= 11 is 0. The van der Waals surface area contributed by atoms with E-state index >= 15 is 0 Å². The molecule has 2 N–H and O–H groups in total. The Balaban J connectivity index is 1.62. The maximum absolute atomic E-state index is 5.74. The Morgan fingerprint density at radius 1 is 1.23 bits per heavy atom. The van der Waals surface area contributed by atoms with Crippen LogP contribution in [0.4, 0.5) is 5.69 Å². The smallest absolute Gasteiger partial charge is 0.195 e. The maximum Gasteiger partial charge on any atom is 0.195 e. The van der Waals surface area contributed by atoms with Crippen LogP contribution in [0.15, 0.2) is 27.7 Å². The van der Waals surface area contributed by atoms with Crippen LogP contribution < -0.4 is 20.1 Å². The van der Waals surface area contributed by atoms with Gasteiger partial charge < -0.3 is 24.6 Å². The normalized spacial score (nSPS) is 15.3. The molecule has 0 bridgehead atoms. The number of ether oxygens (including phenoxy) is 2. The second-order valence-corrected chi connectivity index (χ2v) is 6.43. The Kier molecular flexibility index (Phi) is 5.65. The highest BCUT2D eigenvalue weighted by atomic mass is 16.5. The second kappa shape index (κ2) is 8.12. The third kappa shape index (κ3) is 4.09. The molecule has 1 aromatic carbocycles. The number of guanidine groups is 1. The van der Waals surface area contributed by atoms with E-state index in [0.29, 0.717) is 25.7 Å². The van der Waals surface area contributed by atoms with Crippen LogP contribution in [0, 0.1) is 13.8 Å². The topological polar surface area (TPSA) is 80.9 Å². The Labute approximate surface area is 153 Å². The lowest BCUT2D eigenvalue weighted by molar-refractivity contribution is 0.297. The van der Waals surface area contributed by atoms with Gasteiger partial charge in [-0.05, 0) is 26.0 Å². The fraction of sp³-hybridized carbons (Fsp3) is 0.474. The van der Waals surface area contributed by atoms with Crippen LogP contribution in [-0.4, -0.2) is 37.9 Å². The van der Waals surface area contributed by atoms with Gasteiger partial charge in [0.25, 0.3) is 0 Å². The highest BCUT2D eigenvalue weighted by molar-refractivity contribution is 5.93. The summed E-state index contributed by atoms with van der Waals surface area (Å²) < 4.78 is 16.7. The molecule has 0 saturated carbocycles. The molecule has 140 valence electrons. The Bertz CT molecular complexity index is 766. The number of hydrogen-bond donors (Lipinski definition) is 2. The van der Waals surface area contributed by atoms with Gasteiger partial charge in [-0.15, -0.1) is 0 Å². The van der Waals surface area contributed by atoms with Gasteiger partial charge in [-0.1, -0.05) is 12.1 Å². The lowest BCUT2D eigenvalue weighted by atomic mass is 10.00. The fourth-order valence-electron chi connectivity index (χ4n) is 3.10. The highest BCUT2D eigenvalue weighted by Crippen LogP contribution is 2.32. The molecule has 0 fully saturated rings. The van der Waals surface area contributed by atoms with Gasteiger partial charge in [0.05, 0.1) is 18.9 Å². The molecule has 3 rings (SSSR count). The van der Waals surface area contributed by atoms with E-state index < -0.39 is 0 Å². The van der Waals surface area contributed by atoms with Crippen LogP contribution in [0.3, 0.4) is 0 Å². The molecule has 1 unspecified atom stereocenters. The SMILES string of the molecule is CN=C(NCC(C)c1c(C)noc1C)Nc1ccc2c(c1)OCCCO2. The number of anilines is 1.